The topological polar surface area (TPSA) is 44.1 Å². The average molecular weight is 228 g/mol. The van der Waals surface area contributed by atoms with Gasteiger partial charge in [-0.1, -0.05) is 18.2 Å². The molecule has 1 atom stereocenters. The lowest BCUT2D eigenvalue weighted by Crippen LogP contribution is -2.35. The van der Waals surface area contributed by atoms with Gasteiger partial charge in [0.05, 0.1) is 6.07 Å². The minimum absolute atomic E-state index is 0.00431. The molecule has 17 heavy (non-hydrogen) atoms. The molecule has 1 fully saturated rings. The van der Waals surface area contributed by atoms with E-state index in [1.165, 1.54) is 0 Å². The van der Waals surface area contributed by atoms with Crippen LogP contribution < -0.4 is 0 Å². The third-order valence-corrected chi connectivity index (χ3v) is 3.36. The van der Waals surface area contributed by atoms with Crippen molar-refractivity contribution < 1.29 is 4.79 Å². The zero-order valence-electron chi connectivity index (χ0n) is 10.2. The molecule has 88 valence electrons. The van der Waals surface area contributed by atoms with E-state index in [4.69, 9.17) is 5.26 Å². The summed E-state index contributed by atoms with van der Waals surface area (Å²) in [6.45, 7) is 4.58. The van der Waals surface area contributed by atoms with Crippen molar-refractivity contribution in [3.05, 3.63) is 34.9 Å². The molecule has 0 radical (unpaired) electrons. The lowest BCUT2D eigenvalue weighted by Gasteiger charge is -2.21. The van der Waals surface area contributed by atoms with Crippen molar-refractivity contribution in [1.82, 2.24) is 4.90 Å². The van der Waals surface area contributed by atoms with Crippen LogP contribution in [0.25, 0.3) is 0 Å². The number of aryl methyl sites for hydroxylation is 2. The highest BCUT2D eigenvalue weighted by Crippen LogP contribution is 2.22. The van der Waals surface area contributed by atoms with Gasteiger partial charge in [-0.05, 0) is 37.8 Å². The molecule has 0 bridgehead atoms. The van der Waals surface area contributed by atoms with Crippen LogP contribution in [0.1, 0.15) is 34.3 Å². The van der Waals surface area contributed by atoms with E-state index in [1.807, 2.05) is 32.0 Å². The monoisotopic (exact) mass is 228 g/mol. The Bertz CT molecular complexity index is 467. The minimum Gasteiger partial charge on any atom is -0.323 e. The molecule has 1 aliphatic rings. The number of carbonyl (C=O) groups excluding carboxylic acids is 1. The largest absolute Gasteiger partial charge is 0.323 e. The van der Waals surface area contributed by atoms with Gasteiger partial charge in [-0.3, -0.25) is 4.79 Å². The molecule has 2 rings (SSSR count). The highest BCUT2D eigenvalue weighted by molar-refractivity contribution is 5.97. The second kappa shape index (κ2) is 4.58. The molecule has 0 N–H and O–H groups in total. The van der Waals surface area contributed by atoms with Crippen LogP contribution in [0.3, 0.4) is 0 Å². The van der Waals surface area contributed by atoms with Gasteiger partial charge >= 0.3 is 0 Å². The molecule has 0 aliphatic carbocycles. The van der Waals surface area contributed by atoms with Gasteiger partial charge in [-0.15, -0.1) is 0 Å². The van der Waals surface area contributed by atoms with Crippen molar-refractivity contribution >= 4 is 5.91 Å². The molecular formula is C14H16N2O. The fraction of sp³-hybridized carbons (Fsp3) is 0.429. The van der Waals surface area contributed by atoms with Gasteiger partial charge in [0.25, 0.3) is 5.91 Å². The van der Waals surface area contributed by atoms with Crippen molar-refractivity contribution in [1.29, 1.82) is 5.26 Å². The smallest absolute Gasteiger partial charge is 0.255 e. The third kappa shape index (κ3) is 2.03. The van der Waals surface area contributed by atoms with Gasteiger partial charge < -0.3 is 4.90 Å². The predicted molar refractivity (Wildman–Crippen MR) is 65.6 cm³/mol. The second-order valence-electron chi connectivity index (χ2n) is 4.55. The summed E-state index contributed by atoms with van der Waals surface area (Å²) in [5, 5.41) is 9.03. The zero-order chi connectivity index (χ0) is 12.4. The van der Waals surface area contributed by atoms with Crippen LogP contribution in [0.4, 0.5) is 0 Å². The average Bonchev–Trinajstić information content (AvgIpc) is 2.76. The number of rotatable bonds is 1. The van der Waals surface area contributed by atoms with Crippen LogP contribution >= 0.6 is 0 Å². The summed E-state index contributed by atoms with van der Waals surface area (Å²) in [7, 11) is 0. The summed E-state index contributed by atoms with van der Waals surface area (Å²) in [6.07, 6.45) is 1.72. The number of hydrogen-bond donors (Lipinski definition) is 0. The molecule has 0 aromatic heterocycles. The predicted octanol–water partition coefficient (Wildman–Crippen LogP) is 2.43. The molecule has 0 saturated carbocycles. The van der Waals surface area contributed by atoms with Crippen LogP contribution in [0.2, 0.25) is 0 Å². The lowest BCUT2D eigenvalue weighted by molar-refractivity contribution is 0.0763. The molecule has 1 heterocycles. The fourth-order valence-corrected chi connectivity index (χ4v) is 2.44. The Morgan fingerprint density at radius 2 is 2.06 bits per heavy atom. The summed E-state index contributed by atoms with van der Waals surface area (Å²) in [5.41, 5.74) is 2.73. The third-order valence-electron chi connectivity index (χ3n) is 3.36. The summed E-state index contributed by atoms with van der Waals surface area (Å²) >= 11 is 0. The Morgan fingerprint density at radius 1 is 1.41 bits per heavy atom. The van der Waals surface area contributed by atoms with Gasteiger partial charge in [0.1, 0.15) is 6.04 Å². The van der Waals surface area contributed by atoms with E-state index in [1.54, 1.807) is 4.90 Å². The Labute approximate surface area is 102 Å². The first-order valence-electron chi connectivity index (χ1n) is 5.92. The number of hydrogen-bond acceptors (Lipinski definition) is 2. The quantitative estimate of drug-likeness (QED) is 0.741. The number of amides is 1. The normalized spacial score (nSPS) is 19.1. The Balaban J connectivity index is 2.35. The number of nitriles is 1. The first-order valence-corrected chi connectivity index (χ1v) is 5.92. The van der Waals surface area contributed by atoms with Gasteiger partial charge in [0, 0.05) is 12.1 Å². The first kappa shape index (κ1) is 11.7. The van der Waals surface area contributed by atoms with Gasteiger partial charge in [-0.25, -0.2) is 0 Å². The van der Waals surface area contributed by atoms with Crippen molar-refractivity contribution in [2.24, 2.45) is 0 Å². The number of benzene rings is 1. The van der Waals surface area contributed by atoms with Crippen molar-refractivity contribution in [2.45, 2.75) is 32.7 Å². The molecule has 3 nitrogen and oxygen atoms in total. The molecule has 1 unspecified atom stereocenters. The molecular weight excluding hydrogens is 212 g/mol. The van der Waals surface area contributed by atoms with Gasteiger partial charge in [0.15, 0.2) is 0 Å². The highest BCUT2D eigenvalue weighted by Gasteiger charge is 2.30. The number of nitrogens with zero attached hydrogens (tertiary/aromatic N) is 2. The molecule has 1 aromatic carbocycles. The first-order chi connectivity index (χ1) is 8.15. The van der Waals surface area contributed by atoms with Gasteiger partial charge in [0.2, 0.25) is 0 Å². The highest BCUT2D eigenvalue weighted by atomic mass is 16.2. The maximum atomic E-state index is 12.4. The molecule has 1 amide bonds. The Hall–Kier alpha value is -1.82. The van der Waals surface area contributed by atoms with E-state index in [2.05, 4.69) is 6.07 Å². The SMILES string of the molecule is Cc1cccc(C)c1C(=O)N1CCCC1C#N. The maximum absolute atomic E-state index is 12.4. The summed E-state index contributed by atoms with van der Waals surface area (Å²) in [4.78, 5) is 14.1. The van der Waals surface area contributed by atoms with E-state index in [9.17, 15) is 4.79 Å². The van der Waals surface area contributed by atoms with E-state index >= 15 is 0 Å². The van der Waals surface area contributed by atoms with Crippen LogP contribution in [0.15, 0.2) is 18.2 Å². The lowest BCUT2D eigenvalue weighted by atomic mass is 10.0. The minimum atomic E-state index is -0.249. The van der Waals surface area contributed by atoms with Crippen LogP contribution in [-0.4, -0.2) is 23.4 Å². The summed E-state index contributed by atoms with van der Waals surface area (Å²) < 4.78 is 0. The Morgan fingerprint density at radius 3 is 2.65 bits per heavy atom. The summed E-state index contributed by atoms with van der Waals surface area (Å²) in [6, 6.07) is 7.80. The van der Waals surface area contributed by atoms with Crippen LogP contribution in [0.5, 0.6) is 0 Å². The van der Waals surface area contributed by atoms with Crippen LogP contribution in [0, 0.1) is 25.2 Å². The van der Waals surface area contributed by atoms with Crippen LogP contribution in [-0.2, 0) is 0 Å². The van der Waals surface area contributed by atoms with Gasteiger partial charge in [-0.2, -0.15) is 5.26 Å². The standard InChI is InChI=1S/C14H16N2O/c1-10-5-3-6-11(2)13(10)14(17)16-8-4-7-12(16)9-15/h3,5-6,12H,4,7-8H2,1-2H3. The molecule has 1 saturated heterocycles. The molecule has 0 spiro atoms. The number of carbonyl (C=O) groups is 1. The van der Waals surface area contributed by atoms with E-state index in [-0.39, 0.29) is 11.9 Å². The van der Waals surface area contributed by atoms with E-state index in [0.717, 1.165) is 29.5 Å². The maximum Gasteiger partial charge on any atom is 0.255 e. The second-order valence-corrected chi connectivity index (χ2v) is 4.55. The van der Waals surface area contributed by atoms with E-state index < -0.39 is 0 Å². The molecule has 3 heteroatoms. The fourth-order valence-electron chi connectivity index (χ4n) is 2.44. The Kier molecular flexibility index (Phi) is 3.14. The molecule has 1 aromatic rings. The zero-order valence-corrected chi connectivity index (χ0v) is 10.2. The number of likely N-dealkylation sites (tertiary alicyclic amines) is 1. The van der Waals surface area contributed by atoms with Crippen molar-refractivity contribution in [3.63, 3.8) is 0 Å². The van der Waals surface area contributed by atoms with E-state index in [0.29, 0.717) is 6.54 Å². The van der Waals surface area contributed by atoms with Crippen molar-refractivity contribution in [3.8, 4) is 6.07 Å². The summed E-state index contributed by atoms with van der Waals surface area (Å²) in [5.74, 6) is 0.00431. The molecule has 1 aliphatic heterocycles. The van der Waals surface area contributed by atoms with Crippen molar-refractivity contribution in [2.75, 3.05) is 6.54 Å².